The Bertz CT molecular complexity index is 1380. The van der Waals surface area contributed by atoms with Crippen LogP contribution in [0.25, 0.3) is 22.3 Å². The largest absolute Gasteiger partial charge is 0.495 e. The molecule has 0 saturated carbocycles. The van der Waals surface area contributed by atoms with Gasteiger partial charge in [-0.2, -0.15) is 0 Å². The maximum Gasteiger partial charge on any atom is 0.495 e. The zero-order chi connectivity index (χ0) is 23.9. The second-order valence-electron chi connectivity index (χ2n) is 9.54. The Balaban J connectivity index is 1.59. The lowest BCUT2D eigenvalue weighted by Crippen LogP contribution is -2.41. The zero-order valence-corrected chi connectivity index (χ0v) is 19.8. The van der Waals surface area contributed by atoms with Gasteiger partial charge in [0.05, 0.1) is 22.1 Å². The van der Waals surface area contributed by atoms with Crippen LogP contribution < -0.4 is 15.8 Å². The van der Waals surface area contributed by atoms with E-state index in [4.69, 9.17) is 19.0 Å². The van der Waals surface area contributed by atoms with Crippen molar-refractivity contribution in [3.05, 3.63) is 88.7 Å². The zero-order valence-electron chi connectivity index (χ0n) is 19.8. The maximum atomic E-state index is 12.8. The molecule has 7 heteroatoms. The number of benzene rings is 3. The van der Waals surface area contributed by atoms with Crippen LogP contribution >= 0.6 is 0 Å². The Labute approximate surface area is 199 Å². The van der Waals surface area contributed by atoms with Crippen molar-refractivity contribution >= 4 is 23.5 Å². The molecule has 0 bridgehead atoms. The van der Waals surface area contributed by atoms with Crippen LogP contribution in [-0.4, -0.2) is 28.3 Å². The lowest BCUT2D eigenvalue weighted by atomic mass is 9.75. The fraction of sp³-hybridized carbons (Fsp3) is 0.259. The van der Waals surface area contributed by atoms with E-state index in [0.717, 1.165) is 11.0 Å². The van der Waals surface area contributed by atoms with E-state index in [1.165, 1.54) is 0 Å². The van der Waals surface area contributed by atoms with E-state index in [2.05, 4.69) is 4.98 Å². The Hall–Kier alpha value is -3.42. The number of hydrogen-bond donors (Lipinski definition) is 1. The van der Waals surface area contributed by atoms with E-state index in [9.17, 15) is 4.79 Å². The Kier molecular flexibility index (Phi) is 5.54. The normalized spacial score (nSPS) is 16.6. The highest BCUT2D eigenvalue weighted by Crippen LogP contribution is 2.37. The summed E-state index contributed by atoms with van der Waals surface area (Å²) in [5, 5.41) is 0.542. The molecule has 0 spiro atoms. The number of aromatic amines is 1. The van der Waals surface area contributed by atoms with Crippen LogP contribution in [0.2, 0.25) is 0 Å². The van der Waals surface area contributed by atoms with E-state index in [1.807, 2.05) is 94.4 Å². The predicted molar refractivity (Wildman–Crippen MR) is 134 cm³/mol. The fourth-order valence-corrected chi connectivity index (χ4v) is 3.96. The first-order chi connectivity index (χ1) is 16.2. The van der Waals surface area contributed by atoms with Crippen LogP contribution in [0.15, 0.2) is 77.6 Å². The molecule has 1 aliphatic heterocycles. The maximum absolute atomic E-state index is 12.8. The third kappa shape index (κ3) is 4.13. The quantitative estimate of drug-likeness (QED) is 0.451. The minimum Gasteiger partial charge on any atom is -0.489 e. The summed E-state index contributed by atoms with van der Waals surface area (Å²) in [6, 6.07) is 23.0. The molecule has 3 aromatic carbocycles. The highest BCUT2D eigenvalue weighted by atomic mass is 16.7. The van der Waals surface area contributed by atoms with Gasteiger partial charge in [0.15, 0.2) is 0 Å². The molecule has 0 radical (unpaired) electrons. The molecule has 0 unspecified atom stereocenters. The summed E-state index contributed by atoms with van der Waals surface area (Å²) >= 11 is 0. The number of nitrogens with zero attached hydrogens (tertiary/aromatic N) is 1. The number of ether oxygens (including phenoxy) is 1. The van der Waals surface area contributed by atoms with Crippen molar-refractivity contribution in [2.75, 3.05) is 0 Å². The molecule has 34 heavy (non-hydrogen) atoms. The second-order valence-corrected chi connectivity index (χ2v) is 9.54. The van der Waals surface area contributed by atoms with Crippen LogP contribution in [0.3, 0.4) is 0 Å². The fourth-order valence-electron chi connectivity index (χ4n) is 3.96. The van der Waals surface area contributed by atoms with Crippen molar-refractivity contribution in [3.8, 4) is 17.1 Å². The molecule has 1 N–H and O–H groups in total. The molecule has 0 aliphatic carbocycles. The average molecular weight is 454 g/mol. The van der Waals surface area contributed by atoms with E-state index in [0.29, 0.717) is 34.6 Å². The molecular weight excluding hydrogens is 427 g/mol. The van der Waals surface area contributed by atoms with E-state index in [1.54, 1.807) is 6.07 Å². The molecule has 4 aromatic rings. The van der Waals surface area contributed by atoms with Gasteiger partial charge in [0.25, 0.3) is 5.56 Å². The lowest BCUT2D eigenvalue weighted by molar-refractivity contribution is 0.00578. The summed E-state index contributed by atoms with van der Waals surface area (Å²) in [5.74, 6) is 1.11. The molecule has 6 nitrogen and oxygen atoms in total. The Morgan fingerprint density at radius 2 is 1.59 bits per heavy atom. The Morgan fingerprint density at radius 3 is 2.32 bits per heavy atom. The number of hydrogen-bond acceptors (Lipinski definition) is 5. The highest BCUT2D eigenvalue weighted by molar-refractivity contribution is 6.63. The predicted octanol–water partition coefficient (Wildman–Crippen LogP) is 4.47. The average Bonchev–Trinajstić information content (AvgIpc) is 3.04. The van der Waals surface area contributed by atoms with Crippen LogP contribution in [0.4, 0.5) is 0 Å². The minimum absolute atomic E-state index is 0.198. The summed E-state index contributed by atoms with van der Waals surface area (Å²) in [4.78, 5) is 20.5. The van der Waals surface area contributed by atoms with Gasteiger partial charge in [0, 0.05) is 5.56 Å². The number of fused-ring (bicyclic) bond motifs is 1. The Morgan fingerprint density at radius 1 is 0.912 bits per heavy atom. The molecule has 2 heterocycles. The lowest BCUT2D eigenvalue weighted by Gasteiger charge is -2.32. The van der Waals surface area contributed by atoms with Crippen LogP contribution in [0, 0.1) is 0 Å². The van der Waals surface area contributed by atoms with Crippen molar-refractivity contribution in [1.82, 2.24) is 9.97 Å². The SMILES string of the molecule is CC1(C)OB(c2ccc(OCc3ccccc3)cc2-c2nc3ccccc3c(=O)[nH]2)OC1(C)C. The summed E-state index contributed by atoms with van der Waals surface area (Å²) in [6.45, 7) is 8.48. The van der Waals surface area contributed by atoms with Crippen molar-refractivity contribution in [2.24, 2.45) is 0 Å². The number of H-pyrrole nitrogens is 1. The van der Waals surface area contributed by atoms with Gasteiger partial charge in [-0.25, -0.2) is 4.98 Å². The standard InChI is InChI=1S/C27H27BN2O4/c1-26(2)27(3,4)34-28(33-26)22-15-14-19(32-17-18-10-6-5-7-11-18)16-21(22)24-29-23-13-9-8-12-20(23)25(31)30-24/h5-16H,17H2,1-4H3,(H,29,30,31). The molecule has 1 saturated heterocycles. The van der Waals surface area contributed by atoms with Crippen LogP contribution in [0.5, 0.6) is 5.75 Å². The van der Waals surface area contributed by atoms with Gasteiger partial charge >= 0.3 is 7.12 Å². The van der Waals surface area contributed by atoms with Crippen molar-refractivity contribution in [3.63, 3.8) is 0 Å². The summed E-state index contributed by atoms with van der Waals surface area (Å²) in [6.07, 6.45) is 0. The molecule has 1 aliphatic rings. The summed E-state index contributed by atoms with van der Waals surface area (Å²) < 4.78 is 18.7. The highest BCUT2D eigenvalue weighted by Gasteiger charge is 2.52. The number of aromatic nitrogens is 2. The summed E-state index contributed by atoms with van der Waals surface area (Å²) in [7, 11) is -0.611. The molecular formula is C27H27BN2O4. The monoisotopic (exact) mass is 454 g/mol. The van der Waals surface area contributed by atoms with Gasteiger partial charge < -0.3 is 19.0 Å². The van der Waals surface area contributed by atoms with Gasteiger partial charge in [-0.15, -0.1) is 0 Å². The topological polar surface area (TPSA) is 73.4 Å². The molecule has 172 valence electrons. The minimum atomic E-state index is -0.611. The van der Waals surface area contributed by atoms with Gasteiger partial charge in [-0.3, -0.25) is 4.79 Å². The van der Waals surface area contributed by atoms with Crippen LogP contribution in [-0.2, 0) is 15.9 Å². The third-order valence-corrected chi connectivity index (χ3v) is 6.65. The molecule has 0 amide bonds. The van der Waals surface area contributed by atoms with E-state index < -0.39 is 18.3 Å². The molecule has 1 fully saturated rings. The van der Waals surface area contributed by atoms with Crippen molar-refractivity contribution in [2.45, 2.75) is 45.5 Å². The number of rotatable bonds is 5. The number of para-hydroxylation sites is 1. The first-order valence-electron chi connectivity index (χ1n) is 11.4. The third-order valence-electron chi connectivity index (χ3n) is 6.65. The van der Waals surface area contributed by atoms with Crippen LogP contribution in [0.1, 0.15) is 33.3 Å². The molecule has 1 aromatic heterocycles. The molecule has 0 atom stereocenters. The van der Waals surface area contributed by atoms with E-state index >= 15 is 0 Å². The van der Waals surface area contributed by atoms with Crippen molar-refractivity contribution < 1.29 is 14.0 Å². The van der Waals surface area contributed by atoms with Gasteiger partial charge in [-0.1, -0.05) is 48.5 Å². The van der Waals surface area contributed by atoms with Gasteiger partial charge in [-0.05, 0) is 63.0 Å². The first kappa shape index (κ1) is 22.4. The number of nitrogens with one attached hydrogen (secondary N) is 1. The summed E-state index contributed by atoms with van der Waals surface area (Å²) in [5.41, 5.74) is 1.98. The second kappa shape index (κ2) is 8.42. The van der Waals surface area contributed by atoms with Crippen molar-refractivity contribution in [1.29, 1.82) is 0 Å². The van der Waals surface area contributed by atoms with E-state index in [-0.39, 0.29) is 5.56 Å². The van der Waals surface area contributed by atoms with Gasteiger partial charge in [0.2, 0.25) is 0 Å². The first-order valence-corrected chi connectivity index (χ1v) is 11.4. The smallest absolute Gasteiger partial charge is 0.489 e. The molecule has 5 rings (SSSR count). The van der Waals surface area contributed by atoms with Gasteiger partial charge in [0.1, 0.15) is 18.2 Å².